The summed E-state index contributed by atoms with van der Waals surface area (Å²) >= 11 is 0. The van der Waals surface area contributed by atoms with Gasteiger partial charge in [-0.1, -0.05) is 0 Å². The molecule has 0 radical (unpaired) electrons. The number of nitrogens with one attached hydrogen (secondary N) is 1. The molecule has 0 saturated heterocycles. The number of methoxy groups -OCH3 is 2. The second-order valence-corrected chi connectivity index (χ2v) is 5.84. The molecule has 0 spiro atoms. The van der Waals surface area contributed by atoms with Crippen molar-refractivity contribution in [3.63, 3.8) is 0 Å². The van der Waals surface area contributed by atoms with Crippen molar-refractivity contribution in [3.05, 3.63) is 47.8 Å². The average Bonchev–Trinajstić information content (AvgIpc) is 2.66. The van der Waals surface area contributed by atoms with Crippen molar-refractivity contribution < 1.29 is 14.3 Å². The van der Waals surface area contributed by atoms with E-state index in [1.807, 2.05) is 24.3 Å². The van der Waals surface area contributed by atoms with Crippen LogP contribution in [-0.4, -0.2) is 43.9 Å². The van der Waals surface area contributed by atoms with Crippen LogP contribution in [-0.2, 0) is 17.7 Å². The molecule has 1 aromatic carbocycles. The van der Waals surface area contributed by atoms with E-state index in [2.05, 4.69) is 15.4 Å². The molecule has 1 N–H and O–H groups in total. The Morgan fingerprint density at radius 3 is 2.68 bits per heavy atom. The molecule has 7 nitrogen and oxygen atoms in total. The maximum absolute atomic E-state index is 11.8. The second-order valence-electron chi connectivity index (χ2n) is 5.84. The van der Waals surface area contributed by atoms with E-state index in [1.165, 1.54) is 23.1 Å². The molecule has 132 valence electrons. The zero-order valence-corrected chi connectivity index (χ0v) is 14.7. The number of carbonyl (C=O) groups is 1. The van der Waals surface area contributed by atoms with Crippen LogP contribution in [0.15, 0.2) is 36.7 Å². The third-order valence-corrected chi connectivity index (χ3v) is 4.29. The zero-order valence-electron chi connectivity index (χ0n) is 14.7. The number of rotatable bonds is 4. The first-order valence-corrected chi connectivity index (χ1v) is 8.05. The molecule has 0 bridgehead atoms. The van der Waals surface area contributed by atoms with E-state index in [9.17, 15) is 4.79 Å². The molecule has 0 aliphatic carbocycles. The highest BCUT2D eigenvalue weighted by Crippen LogP contribution is 2.34. The molecule has 0 saturated carbocycles. The Bertz CT molecular complexity index is 751. The molecular weight excluding hydrogens is 320 g/mol. The monoisotopic (exact) mass is 342 g/mol. The van der Waals surface area contributed by atoms with Crippen LogP contribution in [0.2, 0.25) is 0 Å². The van der Waals surface area contributed by atoms with Gasteiger partial charge in [0.25, 0.3) is 0 Å². The van der Waals surface area contributed by atoms with E-state index in [0.717, 1.165) is 25.2 Å². The van der Waals surface area contributed by atoms with Gasteiger partial charge in [0, 0.05) is 32.5 Å². The van der Waals surface area contributed by atoms with Gasteiger partial charge in [-0.3, -0.25) is 9.88 Å². The molecule has 1 aromatic heterocycles. The van der Waals surface area contributed by atoms with Gasteiger partial charge in [-0.05, 0) is 41.8 Å². The Kier molecular flexibility index (Phi) is 5.04. The van der Waals surface area contributed by atoms with Gasteiger partial charge < -0.3 is 14.9 Å². The number of hydrogen-bond donors (Lipinski definition) is 1. The number of fused-ring (bicyclic) bond motifs is 1. The quantitative estimate of drug-likeness (QED) is 0.921. The highest BCUT2D eigenvalue weighted by atomic mass is 16.5. The topological polar surface area (TPSA) is 66.9 Å². The van der Waals surface area contributed by atoms with E-state index < -0.39 is 6.09 Å². The van der Waals surface area contributed by atoms with Crippen molar-refractivity contribution in [1.82, 2.24) is 9.99 Å². The summed E-state index contributed by atoms with van der Waals surface area (Å²) in [6, 6.07) is 7.87. The van der Waals surface area contributed by atoms with Gasteiger partial charge in [-0.2, -0.15) is 0 Å². The van der Waals surface area contributed by atoms with Crippen LogP contribution in [0.1, 0.15) is 11.1 Å². The fourth-order valence-corrected chi connectivity index (χ4v) is 2.94. The number of nitrogens with zero attached hydrogens (tertiary/aromatic N) is 3. The number of amides is 1. The van der Waals surface area contributed by atoms with Crippen LogP contribution >= 0.6 is 0 Å². The minimum atomic E-state index is -0.421. The van der Waals surface area contributed by atoms with Crippen molar-refractivity contribution in [2.24, 2.45) is 0 Å². The van der Waals surface area contributed by atoms with Gasteiger partial charge in [-0.15, -0.1) is 0 Å². The first kappa shape index (κ1) is 17.0. The molecule has 0 unspecified atom stereocenters. The maximum atomic E-state index is 11.8. The molecule has 1 amide bonds. The molecule has 1 aliphatic rings. The number of hydrazine groups is 1. The number of hydrogen-bond acceptors (Lipinski definition) is 6. The normalized spacial score (nSPS) is 13.7. The third kappa shape index (κ3) is 3.66. The minimum absolute atomic E-state index is 0.421. The lowest BCUT2D eigenvalue weighted by molar-refractivity contribution is 0.180. The fraction of sp³-hybridized carbons (Fsp3) is 0.333. The zero-order chi connectivity index (χ0) is 17.8. The van der Waals surface area contributed by atoms with Crippen molar-refractivity contribution in [1.29, 1.82) is 0 Å². The van der Waals surface area contributed by atoms with Crippen LogP contribution in [0.5, 0.6) is 5.75 Å². The van der Waals surface area contributed by atoms with Crippen LogP contribution in [0, 0.1) is 0 Å². The first-order chi connectivity index (χ1) is 12.1. The van der Waals surface area contributed by atoms with E-state index >= 15 is 0 Å². The Hall–Kier alpha value is -2.80. The van der Waals surface area contributed by atoms with Crippen LogP contribution in [0.4, 0.5) is 16.2 Å². The number of anilines is 2. The lowest BCUT2D eigenvalue weighted by Gasteiger charge is -2.31. The predicted octanol–water partition coefficient (Wildman–Crippen LogP) is 2.68. The summed E-state index contributed by atoms with van der Waals surface area (Å²) in [5.41, 5.74) is 7.49. The van der Waals surface area contributed by atoms with Crippen LogP contribution in [0.3, 0.4) is 0 Å². The summed E-state index contributed by atoms with van der Waals surface area (Å²) in [7, 11) is 4.65. The maximum Gasteiger partial charge on any atom is 0.413 e. The molecule has 2 heterocycles. The summed E-state index contributed by atoms with van der Waals surface area (Å²) in [5.74, 6) is 0.650. The molecule has 0 atom stereocenters. The molecular formula is C18H22N4O3. The molecule has 2 aromatic rings. The summed E-state index contributed by atoms with van der Waals surface area (Å²) in [4.78, 5) is 17.3. The predicted molar refractivity (Wildman–Crippen MR) is 95.8 cm³/mol. The van der Waals surface area contributed by atoms with Crippen molar-refractivity contribution in [2.45, 2.75) is 13.0 Å². The Labute approximate surface area is 147 Å². The Morgan fingerprint density at radius 2 is 2.00 bits per heavy atom. The van der Waals surface area contributed by atoms with Gasteiger partial charge in [0.15, 0.2) is 0 Å². The second kappa shape index (κ2) is 7.40. The molecule has 1 aliphatic heterocycles. The summed E-state index contributed by atoms with van der Waals surface area (Å²) in [5, 5.41) is 2.15. The molecule has 25 heavy (non-hydrogen) atoms. The Morgan fingerprint density at radius 1 is 1.24 bits per heavy atom. The van der Waals surface area contributed by atoms with Gasteiger partial charge in [0.2, 0.25) is 0 Å². The van der Waals surface area contributed by atoms with Gasteiger partial charge >= 0.3 is 6.09 Å². The summed E-state index contributed by atoms with van der Waals surface area (Å²) < 4.78 is 10.3. The highest BCUT2D eigenvalue weighted by molar-refractivity contribution is 5.89. The number of aromatic nitrogens is 1. The Balaban J connectivity index is 1.82. The smallest absolute Gasteiger partial charge is 0.413 e. The van der Waals surface area contributed by atoms with Gasteiger partial charge in [0.05, 0.1) is 25.6 Å². The van der Waals surface area contributed by atoms with Gasteiger partial charge in [-0.25, -0.2) is 9.80 Å². The van der Waals surface area contributed by atoms with E-state index in [0.29, 0.717) is 11.4 Å². The highest BCUT2D eigenvalue weighted by Gasteiger charge is 2.22. The standard InChI is InChI=1S/C18H22N4O3/c1-21(18(23)25-3)16-10-13-6-9-22(12-14(13)11-17(16)24-2)20-15-4-7-19-8-5-15/h4-5,7-8,10-11H,6,9,12H2,1-3H3,(H,19,20). The van der Waals surface area contributed by atoms with Crippen LogP contribution < -0.4 is 15.1 Å². The van der Waals surface area contributed by atoms with E-state index in [-0.39, 0.29) is 0 Å². The molecule has 0 fully saturated rings. The van der Waals surface area contributed by atoms with Gasteiger partial charge in [0.1, 0.15) is 5.75 Å². The summed E-state index contributed by atoms with van der Waals surface area (Å²) in [6.45, 7) is 1.61. The first-order valence-electron chi connectivity index (χ1n) is 8.05. The third-order valence-electron chi connectivity index (χ3n) is 4.29. The van der Waals surface area contributed by atoms with Crippen LogP contribution in [0.25, 0.3) is 0 Å². The number of pyridine rings is 1. The average molecular weight is 342 g/mol. The summed E-state index contributed by atoms with van der Waals surface area (Å²) in [6.07, 6.45) is 3.98. The molecule has 7 heteroatoms. The lowest BCUT2D eigenvalue weighted by Crippen LogP contribution is -2.35. The number of carbonyl (C=O) groups excluding carboxylic acids is 1. The van der Waals surface area contributed by atoms with Crippen molar-refractivity contribution >= 4 is 17.5 Å². The van der Waals surface area contributed by atoms with Crippen molar-refractivity contribution in [2.75, 3.05) is 38.1 Å². The van der Waals surface area contributed by atoms with E-state index in [4.69, 9.17) is 9.47 Å². The molecule has 3 rings (SSSR count). The van der Waals surface area contributed by atoms with E-state index in [1.54, 1.807) is 26.6 Å². The SMILES string of the molecule is COC(=O)N(C)c1cc2c(cc1OC)CN(Nc1ccncc1)CC2. The number of benzene rings is 1. The lowest BCUT2D eigenvalue weighted by atomic mass is 9.99. The largest absolute Gasteiger partial charge is 0.495 e. The number of ether oxygens (including phenoxy) is 2. The fourth-order valence-electron chi connectivity index (χ4n) is 2.94. The minimum Gasteiger partial charge on any atom is -0.495 e. The van der Waals surface area contributed by atoms with Crippen molar-refractivity contribution in [3.8, 4) is 5.75 Å².